The molecule has 0 aromatic heterocycles. The van der Waals surface area contributed by atoms with Crippen molar-refractivity contribution in [3.8, 4) is 0 Å². The smallest absolute Gasteiger partial charge is 0.307 e. The summed E-state index contributed by atoms with van der Waals surface area (Å²) in [7, 11) is 4.07. The van der Waals surface area contributed by atoms with Crippen molar-refractivity contribution in [2.24, 2.45) is 5.92 Å². The highest BCUT2D eigenvalue weighted by Crippen LogP contribution is 2.27. The van der Waals surface area contributed by atoms with Crippen molar-refractivity contribution in [2.75, 3.05) is 40.3 Å². The van der Waals surface area contributed by atoms with Crippen LogP contribution in [0, 0.1) is 5.92 Å². The number of hydrogen-bond acceptors (Lipinski definition) is 4. The van der Waals surface area contributed by atoms with Crippen LogP contribution >= 0.6 is 0 Å². The quantitative estimate of drug-likeness (QED) is 0.542. The Balaban J connectivity index is 2.41. The Morgan fingerprint density at radius 1 is 1.00 bits per heavy atom. The van der Waals surface area contributed by atoms with E-state index >= 15 is 0 Å². The SMILES string of the molecule is CCOC(=O)CCN(CCCN(C)C)C(=O)CCC1CCCCC1. The lowest BCUT2D eigenvalue weighted by atomic mass is 9.86. The van der Waals surface area contributed by atoms with Crippen molar-refractivity contribution in [3.05, 3.63) is 0 Å². The van der Waals surface area contributed by atoms with E-state index in [4.69, 9.17) is 4.74 Å². The lowest BCUT2D eigenvalue weighted by Crippen LogP contribution is -2.35. The number of rotatable bonds is 11. The highest BCUT2D eigenvalue weighted by molar-refractivity contribution is 5.77. The molecule has 0 N–H and O–H groups in total. The fraction of sp³-hybridized carbons (Fsp3) is 0.895. The lowest BCUT2D eigenvalue weighted by Gasteiger charge is -2.25. The van der Waals surface area contributed by atoms with Gasteiger partial charge in [-0.15, -0.1) is 0 Å². The zero-order chi connectivity index (χ0) is 17.8. The first kappa shape index (κ1) is 20.9. The molecule has 1 aliphatic rings. The molecule has 0 atom stereocenters. The minimum atomic E-state index is -0.213. The van der Waals surface area contributed by atoms with Gasteiger partial charge in [-0.1, -0.05) is 32.1 Å². The van der Waals surface area contributed by atoms with Crippen molar-refractivity contribution in [2.45, 2.75) is 64.7 Å². The van der Waals surface area contributed by atoms with Crippen LogP contribution in [-0.2, 0) is 14.3 Å². The van der Waals surface area contributed by atoms with Crippen LogP contribution in [0.25, 0.3) is 0 Å². The van der Waals surface area contributed by atoms with Crippen molar-refractivity contribution < 1.29 is 14.3 Å². The molecular weight excluding hydrogens is 304 g/mol. The van der Waals surface area contributed by atoms with Gasteiger partial charge in [-0.3, -0.25) is 9.59 Å². The Morgan fingerprint density at radius 3 is 2.33 bits per heavy atom. The Bertz CT molecular complexity index is 366. The second-order valence-electron chi connectivity index (χ2n) is 7.14. The summed E-state index contributed by atoms with van der Waals surface area (Å²) in [6.07, 6.45) is 9.38. The number of carbonyl (C=O) groups is 2. The zero-order valence-corrected chi connectivity index (χ0v) is 15.9. The zero-order valence-electron chi connectivity index (χ0n) is 15.9. The third kappa shape index (κ3) is 9.26. The fourth-order valence-electron chi connectivity index (χ4n) is 3.36. The Kier molecular flexibility index (Phi) is 10.7. The van der Waals surface area contributed by atoms with Gasteiger partial charge >= 0.3 is 5.97 Å². The van der Waals surface area contributed by atoms with Gasteiger partial charge in [-0.2, -0.15) is 0 Å². The van der Waals surface area contributed by atoms with Crippen molar-refractivity contribution >= 4 is 11.9 Å². The molecule has 0 radical (unpaired) electrons. The standard InChI is InChI=1S/C19H36N2O3/c1-4-24-19(23)13-16-21(15-8-14-20(2)3)18(22)12-11-17-9-6-5-7-10-17/h17H,4-16H2,1-3H3. The average molecular weight is 341 g/mol. The number of hydrogen-bond donors (Lipinski definition) is 0. The molecule has 1 rings (SSSR count). The molecule has 1 amide bonds. The van der Waals surface area contributed by atoms with Crippen LogP contribution in [0.15, 0.2) is 0 Å². The van der Waals surface area contributed by atoms with Crippen LogP contribution in [0.3, 0.4) is 0 Å². The van der Waals surface area contributed by atoms with Gasteiger partial charge in [0.15, 0.2) is 0 Å². The van der Waals surface area contributed by atoms with E-state index in [1.807, 2.05) is 25.9 Å². The van der Waals surface area contributed by atoms with Crippen molar-refractivity contribution in [1.29, 1.82) is 0 Å². The summed E-state index contributed by atoms with van der Waals surface area (Å²) in [5, 5.41) is 0. The van der Waals surface area contributed by atoms with E-state index in [1.165, 1.54) is 32.1 Å². The van der Waals surface area contributed by atoms with E-state index in [1.54, 1.807) is 0 Å². The van der Waals surface area contributed by atoms with E-state index in [2.05, 4.69) is 4.90 Å². The number of carbonyl (C=O) groups excluding carboxylic acids is 2. The second kappa shape index (κ2) is 12.3. The third-order valence-electron chi connectivity index (χ3n) is 4.77. The predicted molar refractivity (Wildman–Crippen MR) is 96.8 cm³/mol. The van der Waals surface area contributed by atoms with Gasteiger partial charge < -0.3 is 14.5 Å². The van der Waals surface area contributed by atoms with Crippen LogP contribution < -0.4 is 0 Å². The average Bonchev–Trinajstić information content (AvgIpc) is 2.56. The molecule has 1 aliphatic carbocycles. The number of amides is 1. The molecule has 0 spiro atoms. The van der Waals surface area contributed by atoms with Gasteiger partial charge in [-0.05, 0) is 46.3 Å². The monoisotopic (exact) mass is 340 g/mol. The summed E-state index contributed by atoms with van der Waals surface area (Å²) in [5.74, 6) is 0.704. The first-order valence-corrected chi connectivity index (χ1v) is 9.61. The van der Waals surface area contributed by atoms with Crippen LogP contribution in [0.1, 0.15) is 64.7 Å². The van der Waals surface area contributed by atoms with Gasteiger partial charge in [0.1, 0.15) is 0 Å². The molecule has 0 bridgehead atoms. The molecule has 5 nitrogen and oxygen atoms in total. The summed E-state index contributed by atoms with van der Waals surface area (Å²) >= 11 is 0. The maximum absolute atomic E-state index is 12.6. The third-order valence-corrected chi connectivity index (χ3v) is 4.77. The van der Waals surface area contributed by atoms with E-state index in [9.17, 15) is 9.59 Å². The molecule has 0 unspecified atom stereocenters. The maximum Gasteiger partial charge on any atom is 0.307 e. The van der Waals surface area contributed by atoms with Crippen LogP contribution in [0.4, 0.5) is 0 Å². The van der Waals surface area contributed by atoms with Gasteiger partial charge in [0.25, 0.3) is 0 Å². The molecule has 0 aliphatic heterocycles. The number of ether oxygens (including phenoxy) is 1. The van der Waals surface area contributed by atoms with Crippen molar-refractivity contribution in [3.63, 3.8) is 0 Å². The summed E-state index contributed by atoms with van der Waals surface area (Å²) < 4.78 is 4.98. The summed E-state index contributed by atoms with van der Waals surface area (Å²) in [4.78, 5) is 28.2. The van der Waals surface area contributed by atoms with Gasteiger partial charge in [0, 0.05) is 19.5 Å². The maximum atomic E-state index is 12.6. The highest BCUT2D eigenvalue weighted by Gasteiger charge is 2.19. The second-order valence-corrected chi connectivity index (χ2v) is 7.14. The molecule has 1 fully saturated rings. The lowest BCUT2D eigenvalue weighted by molar-refractivity contribution is -0.144. The van der Waals surface area contributed by atoms with Crippen molar-refractivity contribution in [1.82, 2.24) is 9.80 Å². The van der Waals surface area contributed by atoms with E-state index in [-0.39, 0.29) is 11.9 Å². The Labute approximate surface area is 147 Å². The Hall–Kier alpha value is -1.10. The van der Waals surface area contributed by atoms with Gasteiger partial charge in [-0.25, -0.2) is 0 Å². The topological polar surface area (TPSA) is 49.9 Å². The largest absolute Gasteiger partial charge is 0.466 e. The summed E-state index contributed by atoms with van der Waals surface area (Å²) in [6, 6.07) is 0. The molecule has 1 saturated carbocycles. The molecule has 0 aromatic rings. The molecule has 24 heavy (non-hydrogen) atoms. The Morgan fingerprint density at radius 2 is 1.71 bits per heavy atom. The normalized spacial score (nSPS) is 15.5. The first-order valence-electron chi connectivity index (χ1n) is 9.61. The molecular formula is C19H36N2O3. The number of esters is 1. The fourth-order valence-corrected chi connectivity index (χ4v) is 3.36. The van der Waals surface area contributed by atoms with Gasteiger partial charge in [0.05, 0.1) is 13.0 Å². The molecule has 0 saturated heterocycles. The van der Waals surface area contributed by atoms with Crippen LogP contribution in [0.5, 0.6) is 0 Å². The van der Waals surface area contributed by atoms with E-state index in [0.29, 0.717) is 26.0 Å². The van der Waals surface area contributed by atoms with E-state index < -0.39 is 0 Å². The molecule has 0 aromatic carbocycles. The summed E-state index contributed by atoms with van der Waals surface area (Å²) in [5.41, 5.74) is 0. The first-order chi connectivity index (χ1) is 11.5. The minimum absolute atomic E-state index is 0.198. The minimum Gasteiger partial charge on any atom is -0.466 e. The molecule has 140 valence electrons. The highest BCUT2D eigenvalue weighted by atomic mass is 16.5. The number of nitrogens with zero attached hydrogens (tertiary/aromatic N) is 2. The van der Waals surface area contributed by atoms with E-state index in [0.717, 1.165) is 31.8 Å². The predicted octanol–water partition coefficient (Wildman–Crippen LogP) is 3.08. The summed E-state index contributed by atoms with van der Waals surface area (Å²) in [6.45, 7) is 4.36. The van der Waals surface area contributed by atoms with Crippen LogP contribution in [0.2, 0.25) is 0 Å². The van der Waals surface area contributed by atoms with Gasteiger partial charge in [0.2, 0.25) is 5.91 Å². The molecule has 0 heterocycles. The molecule has 5 heteroatoms. The van der Waals surface area contributed by atoms with Crippen LogP contribution in [-0.4, -0.2) is 62.0 Å².